The summed E-state index contributed by atoms with van der Waals surface area (Å²) in [4.78, 5) is 12.8. The molecule has 1 amide bonds. The average Bonchev–Trinajstić information content (AvgIpc) is 2.74. The van der Waals surface area contributed by atoms with Crippen molar-refractivity contribution in [2.45, 2.75) is 11.8 Å². The molecule has 0 aliphatic rings. The maximum atomic E-state index is 12.7. The van der Waals surface area contributed by atoms with Crippen LogP contribution in [-0.4, -0.2) is 35.5 Å². The van der Waals surface area contributed by atoms with E-state index >= 15 is 0 Å². The molecule has 0 fully saturated rings. The average molecular weight is 474 g/mol. The summed E-state index contributed by atoms with van der Waals surface area (Å²) in [5.41, 5.74) is 1.66. The van der Waals surface area contributed by atoms with Crippen molar-refractivity contribution in [2.75, 3.05) is 27.1 Å². The number of hydrogen-bond donors (Lipinski definition) is 2. The van der Waals surface area contributed by atoms with Gasteiger partial charge < -0.3 is 5.32 Å². The third-order valence-electron chi connectivity index (χ3n) is 4.51. The summed E-state index contributed by atoms with van der Waals surface area (Å²) >= 11 is 0. The van der Waals surface area contributed by atoms with E-state index in [4.69, 9.17) is 0 Å². The third kappa shape index (κ3) is 5.86. The van der Waals surface area contributed by atoms with Crippen LogP contribution < -0.4 is 14.3 Å². The number of para-hydroxylation sites is 2. The highest BCUT2D eigenvalue weighted by Crippen LogP contribution is 2.25. The molecule has 0 spiro atoms. The highest BCUT2D eigenvalue weighted by Gasteiger charge is 2.22. The Hall–Kier alpha value is -3.37. The van der Waals surface area contributed by atoms with Crippen molar-refractivity contribution in [1.82, 2.24) is 0 Å². The highest BCUT2D eigenvalue weighted by atomic mass is 32.2. The summed E-state index contributed by atoms with van der Waals surface area (Å²) in [5.74, 6) is -0.623. The Morgan fingerprint density at radius 2 is 1.38 bits per heavy atom. The lowest BCUT2D eigenvalue weighted by molar-refractivity contribution is -0.114. The molecule has 32 heavy (non-hydrogen) atoms. The van der Waals surface area contributed by atoms with Crippen LogP contribution in [0.4, 0.5) is 17.1 Å². The lowest BCUT2D eigenvalue weighted by Gasteiger charge is -2.22. The molecule has 0 atom stereocenters. The van der Waals surface area contributed by atoms with Crippen molar-refractivity contribution < 1.29 is 21.6 Å². The lowest BCUT2D eigenvalue weighted by atomic mass is 10.2. The first-order valence-corrected chi connectivity index (χ1v) is 12.9. The zero-order valence-electron chi connectivity index (χ0n) is 17.5. The number of benzene rings is 3. The summed E-state index contributed by atoms with van der Waals surface area (Å²) in [6.45, 7) is 1.40. The van der Waals surface area contributed by atoms with Gasteiger partial charge in [0.25, 0.3) is 10.0 Å². The number of hydrogen-bond acceptors (Lipinski definition) is 5. The Balaban J connectivity index is 1.81. The summed E-state index contributed by atoms with van der Waals surface area (Å²) < 4.78 is 53.3. The Labute approximate surface area is 188 Å². The first-order valence-electron chi connectivity index (χ1n) is 9.57. The van der Waals surface area contributed by atoms with Crippen LogP contribution in [0.1, 0.15) is 5.56 Å². The van der Waals surface area contributed by atoms with Gasteiger partial charge in [-0.2, -0.15) is 0 Å². The summed E-state index contributed by atoms with van der Waals surface area (Å²) in [7, 11) is -7.60. The van der Waals surface area contributed by atoms with Crippen LogP contribution in [0.5, 0.6) is 0 Å². The molecule has 168 valence electrons. The van der Waals surface area contributed by atoms with Gasteiger partial charge in [-0.1, -0.05) is 48.0 Å². The molecule has 0 aliphatic carbocycles. The predicted molar refractivity (Wildman–Crippen MR) is 126 cm³/mol. The number of carbonyl (C=O) groups excluding carboxylic acids is 1. The standard InChI is InChI=1S/C22H23N3O5S2/c1-17-12-14-18(15-13-17)25(31(2,27)28)16-22(26)23-20-10-6-7-11-21(20)24-32(29,30)19-8-4-3-5-9-19/h3-15,24H,16H2,1-2H3,(H,23,26). The minimum atomic E-state index is -3.87. The monoisotopic (exact) mass is 473 g/mol. The van der Waals surface area contributed by atoms with Gasteiger partial charge in [-0.3, -0.25) is 13.8 Å². The Morgan fingerprint density at radius 1 is 0.812 bits per heavy atom. The number of carbonyl (C=O) groups is 1. The van der Waals surface area contributed by atoms with Crippen LogP contribution in [0.15, 0.2) is 83.8 Å². The fourth-order valence-electron chi connectivity index (χ4n) is 2.92. The predicted octanol–water partition coefficient (Wildman–Crippen LogP) is 3.20. The molecular formula is C22H23N3O5S2. The molecule has 10 heteroatoms. The van der Waals surface area contributed by atoms with Crippen molar-refractivity contribution in [3.8, 4) is 0 Å². The molecule has 2 N–H and O–H groups in total. The van der Waals surface area contributed by atoms with Crippen LogP contribution in [0.25, 0.3) is 0 Å². The number of nitrogens with one attached hydrogen (secondary N) is 2. The van der Waals surface area contributed by atoms with Crippen molar-refractivity contribution in [1.29, 1.82) is 0 Å². The number of nitrogens with zero attached hydrogens (tertiary/aromatic N) is 1. The molecule has 0 aliphatic heterocycles. The van der Waals surface area contributed by atoms with Gasteiger partial charge >= 0.3 is 0 Å². The molecular weight excluding hydrogens is 450 g/mol. The van der Waals surface area contributed by atoms with Gasteiger partial charge in [-0.05, 0) is 43.3 Å². The smallest absolute Gasteiger partial charge is 0.261 e. The maximum absolute atomic E-state index is 12.7. The van der Waals surface area contributed by atoms with Gasteiger partial charge in [0.2, 0.25) is 15.9 Å². The van der Waals surface area contributed by atoms with Crippen molar-refractivity contribution >= 4 is 43.0 Å². The third-order valence-corrected chi connectivity index (χ3v) is 7.03. The summed E-state index contributed by atoms with van der Waals surface area (Å²) in [6.07, 6.45) is 1.02. The van der Waals surface area contributed by atoms with E-state index < -0.39 is 32.5 Å². The second kappa shape index (κ2) is 9.41. The van der Waals surface area contributed by atoms with Crippen LogP contribution in [0, 0.1) is 6.92 Å². The molecule has 8 nitrogen and oxygen atoms in total. The quantitative estimate of drug-likeness (QED) is 0.522. The Bertz CT molecular complexity index is 1310. The van der Waals surface area contributed by atoms with E-state index in [0.29, 0.717) is 5.69 Å². The van der Waals surface area contributed by atoms with Crippen LogP contribution in [0.2, 0.25) is 0 Å². The van der Waals surface area contributed by atoms with Crippen molar-refractivity contribution in [2.24, 2.45) is 0 Å². The van der Waals surface area contributed by atoms with Gasteiger partial charge in [-0.15, -0.1) is 0 Å². The molecule has 3 rings (SSSR count). The van der Waals surface area contributed by atoms with E-state index in [1.165, 1.54) is 24.3 Å². The van der Waals surface area contributed by atoms with Gasteiger partial charge in [0, 0.05) is 0 Å². The van der Waals surface area contributed by atoms with E-state index in [1.54, 1.807) is 54.6 Å². The number of aryl methyl sites for hydroxylation is 1. The fourth-order valence-corrected chi connectivity index (χ4v) is 4.87. The Kier molecular flexibility index (Phi) is 6.85. The first kappa shape index (κ1) is 23.3. The normalized spacial score (nSPS) is 11.6. The van der Waals surface area contributed by atoms with Crippen molar-refractivity contribution in [3.63, 3.8) is 0 Å². The molecule has 3 aromatic carbocycles. The fraction of sp³-hybridized carbons (Fsp3) is 0.136. The highest BCUT2D eigenvalue weighted by molar-refractivity contribution is 7.92. The largest absolute Gasteiger partial charge is 0.323 e. The summed E-state index contributed by atoms with van der Waals surface area (Å²) in [6, 6.07) is 20.8. The molecule has 0 unspecified atom stereocenters. The minimum Gasteiger partial charge on any atom is -0.323 e. The number of sulfonamides is 2. The van der Waals surface area contributed by atoms with Crippen LogP contribution in [-0.2, 0) is 24.8 Å². The summed E-state index contributed by atoms with van der Waals surface area (Å²) in [5, 5.41) is 2.60. The van der Waals surface area contributed by atoms with Gasteiger partial charge in [0.1, 0.15) is 6.54 Å². The first-order chi connectivity index (χ1) is 15.1. The van der Waals surface area contributed by atoms with Crippen LogP contribution >= 0.6 is 0 Å². The van der Waals surface area contributed by atoms with Gasteiger partial charge in [-0.25, -0.2) is 16.8 Å². The lowest BCUT2D eigenvalue weighted by Crippen LogP contribution is -2.37. The molecule has 0 saturated carbocycles. The molecule has 0 heterocycles. The van der Waals surface area contributed by atoms with E-state index in [-0.39, 0.29) is 16.3 Å². The van der Waals surface area contributed by atoms with Gasteiger partial charge in [0.15, 0.2) is 0 Å². The number of anilines is 3. The van der Waals surface area contributed by atoms with E-state index in [2.05, 4.69) is 10.0 Å². The molecule has 0 bridgehead atoms. The van der Waals surface area contributed by atoms with E-state index in [1.807, 2.05) is 6.92 Å². The molecule has 0 radical (unpaired) electrons. The van der Waals surface area contributed by atoms with E-state index in [9.17, 15) is 21.6 Å². The zero-order valence-corrected chi connectivity index (χ0v) is 19.2. The topological polar surface area (TPSA) is 113 Å². The second-order valence-corrected chi connectivity index (χ2v) is 10.7. The molecule has 0 saturated heterocycles. The maximum Gasteiger partial charge on any atom is 0.261 e. The second-order valence-electron chi connectivity index (χ2n) is 7.12. The SMILES string of the molecule is Cc1ccc(N(CC(=O)Nc2ccccc2NS(=O)(=O)c2ccccc2)S(C)(=O)=O)cc1. The minimum absolute atomic E-state index is 0.0729. The zero-order chi connectivity index (χ0) is 23.4. The van der Waals surface area contributed by atoms with E-state index in [0.717, 1.165) is 16.1 Å². The molecule has 3 aromatic rings. The van der Waals surface area contributed by atoms with Gasteiger partial charge in [0.05, 0.1) is 28.2 Å². The molecule has 0 aromatic heterocycles. The van der Waals surface area contributed by atoms with Crippen molar-refractivity contribution in [3.05, 3.63) is 84.4 Å². The van der Waals surface area contributed by atoms with Crippen LogP contribution in [0.3, 0.4) is 0 Å². The Morgan fingerprint density at radius 3 is 1.97 bits per heavy atom. The number of rotatable bonds is 8. The number of amides is 1.